The summed E-state index contributed by atoms with van der Waals surface area (Å²) in [6.07, 6.45) is 3.51. The van der Waals surface area contributed by atoms with Gasteiger partial charge in [-0.1, -0.05) is 60.1 Å². The molecule has 0 saturated heterocycles. The van der Waals surface area contributed by atoms with Crippen LogP contribution >= 0.6 is 0 Å². The van der Waals surface area contributed by atoms with Gasteiger partial charge in [-0.25, -0.2) is 0 Å². The Balaban J connectivity index is 2.20. The lowest BCUT2D eigenvalue weighted by atomic mass is 9.93. The minimum absolute atomic E-state index is 0.0435. The average molecular weight is 234 g/mol. The fraction of sp³-hybridized carbons (Fsp3) is 0.0625. The topological polar surface area (TPSA) is 17.1 Å². The van der Waals surface area contributed by atoms with Gasteiger partial charge in [0.1, 0.15) is 7.85 Å². The Hall–Kier alpha value is -2.09. The van der Waals surface area contributed by atoms with Gasteiger partial charge in [0.25, 0.3) is 0 Å². The van der Waals surface area contributed by atoms with E-state index in [-0.39, 0.29) is 5.78 Å². The molecule has 0 aliphatic carbocycles. The van der Waals surface area contributed by atoms with E-state index < -0.39 is 0 Å². The lowest BCUT2D eigenvalue weighted by Gasteiger charge is -1.99. The summed E-state index contributed by atoms with van der Waals surface area (Å²) in [7, 11) is 1.99. The van der Waals surface area contributed by atoms with Gasteiger partial charge in [0.15, 0.2) is 5.78 Å². The van der Waals surface area contributed by atoms with E-state index in [9.17, 15) is 4.79 Å². The minimum atomic E-state index is 0.0435. The van der Waals surface area contributed by atoms with Gasteiger partial charge in [-0.15, -0.1) is 0 Å². The summed E-state index contributed by atoms with van der Waals surface area (Å²) in [4.78, 5) is 12.0. The number of hydrogen-bond acceptors (Lipinski definition) is 1. The SMILES string of the molecule is Bc1cccc(C(=O)/C=C/c2ccccc2C)c1. The number of aryl methyl sites for hydroxylation is 1. The molecule has 0 saturated carbocycles. The van der Waals surface area contributed by atoms with E-state index in [2.05, 4.69) is 0 Å². The summed E-state index contributed by atoms with van der Waals surface area (Å²) in [5, 5.41) is 0. The second-order valence-electron chi connectivity index (χ2n) is 4.42. The fourth-order valence-corrected chi connectivity index (χ4v) is 1.83. The smallest absolute Gasteiger partial charge is 0.185 e. The molecule has 0 aromatic heterocycles. The fourth-order valence-electron chi connectivity index (χ4n) is 1.83. The maximum atomic E-state index is 12.0. The van der Waals surface area contributed by atoms with Crippen LogP contribution in [0.1, 0.15) is 21.5 Å². The quantitative estimate of drug-likeness (QED) is 0.451. The van der Waals surface area contributed by atoms with Crippen molar-refractivity contribution in [1.29, 1.82) is 0 Å². The van der Waals surface area contributed by atoms with Crippen LogP contribution < -0.4 is 5.46 Å². The highest BCUT2D eigenvalue weighted by molar-refractivity contribution is 6.32. The maximum Gasteiger partial charge on any atom is 0.185 e. The summed E-state index contributed by atoms with van der Waals surface area (Å²) in [5.41, 5.74) is 4.09. The first-order valence-corrected chi connectivity index (χ1v) is 6.01. The van der Waals surface area contributed by atoms with Crippen LogP contribution in [-0.4, -0.2) is 13.6 Å². The molecule has 0 amide bonds. The Morgan fingerprint density at radius 1 is 1.11 bits per heavy atom. The summed E-state index contributed by atoms with van der Waals surface area (Å²) in [6.45, 7) is 2.04. The van der Waals surface area contributed by atoms with E-state index in [0.29, 0.717) is 0 Å². The molecule has 0 heterocycles. The van der Waals surface area contributed by atoms with Crippen LogP contribution in [0.5, 0.6) is 0 Å². The van der Waals surface area contributed by atoms with Crippen LogP contribution in [0.4, 0.5) is 0 Å². The molecular weight excluding hydrogens is 219 g/mol. The summed E-state index contributed by atoms with van der Waals surface area (Å²) in [6, 6.07) is 15.7. The van der Waals surface area contributed by atoms with Crippen molar-refractivity contribution in [2.75, 3.05) is 0 Å². The molecule has 0 radical (unpaired) electrons. The van der Waals surface area contributed by atoms with E-state index in [0.717, 1.165) is 16.6 Å². The second-order valence-corrected chi connectivity index (χ2v) is 4.42. The lowest BCUT2D eigenvalue weighted by Crippen LogP contribution is -2.05. The Labute approximate surface area is 109 Å². The first-order chi connectivity index (χ1) is 8.66. The molecule has 0 aliphatic heterocycles. The van der Waals surface area contributed by atoms with Gasteiger partial charge in [0.2, 0.25) is 0 Å². The van der Waals surface area contributed by atoms with Gasteiger partial charge < -0.3 is 0 Å². The van der Waals surface area contributed by atoms with Crippen molar-refractivity contribution < 1.29 is 4.79 Å². The number of rotatable bonds is 3. The molecular formula is C16H15BO. The van der Waals surface area contributed by atoms with Crippen LogP contribution in [-0.2, 0) is 0 Å². The summed E-state index contributed by atoms with van der Waals surface area (Å²) < 4.78 is 0. The first kappa shape index (κ1) is 12.4. The zero-order valence-corrected chi connectivity index (χ0v) is 10.7. The molecule has 2 rings (SSSR count). The van der Waals surface area contributed by atoms with E-state index in [4.69, 9.17) is 0 Å². The minimum Gasteiger partial charge on any atom is -0.289 e. The predicted molar refractivity (Wildman–Crippen MR) is 79.2 cm³/mol. The number of carbonyl (C=O) groups is 1. The van der Waals surface area contributed by atoms with Crippen LogP contribution in [0.2, 0.25) is 0 Å². The summed E-state index contributed by atoms with van der Waals surface area (Å²) >= 11 is 0. The van der Waals surface area contributed by atoms with Crippen LogP contribution in [0.3, 0.4) is 0 Å². The van der Waals surface area contributed by atoms with E-state index >= 15 is 0 Å². The molecule has 1 nitrogen and oxygen atoms in total. The predicted octanol–water partition coefficient (Wildman–Crippen LogP) is 2.15. The van der Waals surface area contributed by atoms with Crippen molar-refractivity contribution >= 4 is 25.2 Å². The molecule has 0 unspecified atom stereocenters. The number of hydrogen-bond donors (Lipinski definition) is 0. The molecule has 0 atom stereocenters. The molecule has 0 fully saturated rings. The molecule has 2 aromatic rings. The van der Waals surface area contributed by atoms with Gasteiger partial charge in [-0.3, -0.25) is 4.79 Å². The molecule has 18 heavy (non-hydrogen) atoms. The zero-order chi connectivity index (χ0) is 13.0. The third-order valence-corrected chi connectivity index (χ3v) is 2.91. The van der Waals surface area contributed by atoms with Gasteiger partial charge in [-0.2, -0.15) is 0 Å². The summed E-state index contributed by atoms with van der Waals surface area (Å²) in [5.74, 6) is 0.0435. The van der Waals surface area contributed by atoms with Crippen molar-refractivity contribution in [2.24, 2.45) is 0 Å². The molecule has 2 heteroatoms. The molecule has 88 valence electrons. The van der Waals surface area contributed by atoms with Gasteiger partial charge in [-0.05, 0) is 24.1 Å². The largest absolute Gasteiger partial charge is 0.289 e. The Morgan fingerprint density at radius 2 is 1.89 bits per heavy atom. The van der Waals surface area contributed by atoms with Crippen molar-refractivity contribution in [3.05, 3.63) is 71.3 Å². The normalized spacial score (nSPS) is 10.7. The first-order valence-electron chi connectivity index (χ1n) is 6.01. The van der Waals surface area contributed by atoms with Crippen LogP contribution in [0.15, 0.2) is 54.6 Å². The standard InChI is InChI=1S/C16H15BO/c1-12-5-2-3-6-13(12)9-10-16(18)14-7-4-8-15(17)11-14/h2-11H,17H2,1H3/b10-9+. The Bertz CT molecular complexity index is 600. The second kappa shape index (κ2) is 5.50. The van der Waals surface area contributed by atoms with Crippen molar-refractivity contribution in [3.63, 3.8) is 0 Å². The van der Waals surface area contributed by atoms with Crippen molar-refractivity contribution in [1.82, 2.24) is 0 Å². The van der Waals surface area contributed by atoms with E-state index in [1.165, 1.54) is 5.56 Å². The average Bonchev–Trinajstić information content (AvgIpc) is 2.37. The molecule has 0 aliphatic rings. The number of benzene rings is 2. The van der Waals surface area contributed by atoms with Gasteiger partial charge in [0, 0.05) is 5.56 Å². The molecule has 0 bridgehead atoms. The zero-order valence-electron chi connectivity index (χ0n) is 10.7. The number of ketones is 1. The van der Waals surface area contributed by atoms with E-state index in [1.54, 1.807) is 6.08 Å². The Morgan fingerprint density at radius 3 is 2.61 bits per heavy atom. The van der Waals surface area contributed by atoms with E-state index in [1.807, 2.05) is 69.4 Å². The Kier molecular flexibility index (Phi) is 3.78. The third-order valence-electron chi connectivity index (χ3n) is 2.91. The number of carbonyl (C=O) groups excluding carboxylic acids is 1. The highest BCUT2D eigenvalue weighted by Gasteiger charge is 2.01. The highest BCUT2D eigenvalue weighted by Crippen LogP contribution is 2.10. The van der Waals surface area contributed by atoms with Gasteiger partial charge in [0.05, 0.1) is 0 Å². The third kappa shape index (κ3) is 2.98. The van der Waals surface area contributed by atoms with Crippen molar-refractivity contribution in [3.8, 4) is 0 Å². The van der Waals surface area contributed by atoms with Crippen molar-refractivity contribution in [2.45, 2.75) is 6.92 Å². The molecule has 0 spiro atoms. The van der Waals surface area contributed by atoms with Gasteiger partial charge >= 0.3 is 0 Å². The highest BCUT2D eigenvalue weighted by atomic mass is 16.1. The lowest BCUT2D eigenvalue weighted by molar-refractivity contribution is 0.104. The molecule has 2 aromatic carbocycles. The molecule has 0 N–H and O–H groups in total. The monoisotopic (exact) mass is 234 g/mol. The maximum absolute atomic E-state index is 12.0. The van der Waals surface area contributed by atoms with Crippen LogP contribution in [0, 0.1) is 6.92 Å². The number of allylic oxidation sites excluding steroid dienone is 1. The van der Waals surface area contributed by atoms with Crippen LogP contribution in [0.25, 0.3) is 6.08 Å².